The third kappa shape index (κ3) is 4.41. The van der Waals surface area contributed by atoms with Crippen LogP contribution in [0.25, 0.3) is 10.8 Å². The molecule has 1 unspecified atom stereocenters. The number of carbonyl (C=O) groups excluding carboxylic acids is 1. The van der Waals surface area contributed by atoms with E-state index in [1.54, 1.807) is 73.1 Å². The minimum absolute atomic E-state index is 0.000781. The zero-order valence-electron chi connectivity index (χ0n) is 17.7. The molecule has 4 aromatic rings. The van der Waals surface area contributed by atoms with Gasteiger partial charge < -0.3 is 0 Å². The van der Waals surface area contributed by atoms with Crippen LogP contribution in [0.2, 0.25) is 0 Å². The highest BCUT2D eigenvalue weighted by Gasteiger charge is 2.43. The zero-order chi connectivity index (χ0) is 23.0. The lowest BCUT2D eigenvalue weighted by Crippen LogP contribution is -2.08. The lowest BCUT2D eigenvalue weighted by atomic mass is 10.00. The highest BCUT2D eigenvalue weighted by atomic mass is 32.2. The molecule has 0 amide bonds. The Balaban J connectivity index is 1.26. The Hall–Kier alpha value is -3.45. The van der Waals surface area contributed by atoms with Crippen molar-refractivity contribution in [1.29, 1.82) is 0 Å². The van der Waals surface area contributed by atoms with Crippen molar-refractivity contribution in [3.05, 3.63) is 102 Å². The summed E-state index contributed by atoms with van der Waals surface area (Å²) in [5, 5.41) is 1.17. The summed E-state index contributed by atoms with van der Waals surface area (Å²) in [4.78, 5) is 21.1. The van der Waals surface area contributed by atoms with Crippen molar-refractivity contribution in [1.82, 2.24) is 9.97 Å². The second-order valence-corrected chi connectivity index (χ2v) is 10.4. The third-order valence-corrected chi connectivity index (χ3v) is 7.80. The number of sulfone groups is 1. The lowest BCUT2D eigenvalue weighted by Gasteiger charge is -2.07. The van der Waals surface area contributed by atoms with E-state index in [-0.39, 0.29) is 40.5 Å². The summed E-state index contributed by atoms with van der Waals surface area (Å²) < 4.78 is 40.1. The number of pyridine rings is 2. The number of rotatable bonds is 7. The van der Waals surface area contributed by atoms with Crippen LogP contribution in [0.5, 0.6) is 0 Å². The number of benzene rings is 2. The number of Topliss-reactive ketones (excluding diaryl/α,β-unsaturated/α-hetero) is 1. The maximum Gasteiger partial charge on any atom is 0.184 e. The van der Waals surface area contributed by atoms with E-state index in [4.69, 9.17) is 0 Å². The van der Waals surface area contributed by atoms with Crippen molar-refractivity contribution in [3.8, 4) is 0 Å². The first-order valence-corrected chi connectivity index (χ1v) is 12.3. The van der Waals surface area contributed by atoms with Gasteiger partial charge in [0, 0.05) is 41.7 Å². The fraction of sp³-hybridized carbons (Fsp3) is 0.192. The van der Waals surface area contributed by atoms with Gasteiger partial charge in [0.1, 0.15) is 11.6 Å². The van der Waals surface area contributed by atoms with E-state index >= 15 is 0 Å². The quantitative estimate of drug-likeness (QED) is 0.401. The maximum absolute atomic E-state index is 14.8. The summed E-state index contributed by atoms with van der Waals surface area (Å²) >= 11 is 0. The van der Waals surface area contributed by atoms with Gasteiger partial charge >= 0.3 is 0 Å². The van der Waals surface area contributed by atoms with Crippen LogP contribution in [0.3, 0.4) is 0 Å². The van der Waals surface area contributed by atoms with Crippen LogP contribution in [0.15, 0.2) is 84.1 Å². The second-order valence-electron chi connectivity index (χ2n) is 8.38. The van der Waals surface area contributed by atoms with E-state index in [2.05, 4.69) is 9.97 Å². The topological polar surface area (TPSA) is 77.0 Å². The van der Waals surface area contributed by atoms with Crippen LogP contribution in [0.4, 0.5) is 4.39 Å². The molecule has 0 saturated heterocycles. The Bertz CT molecular complexity index is 1440. The minimum atomic E-state index is -3.50. The van der Waals surface area contributed by atoms with Gasteiger partial charge in [0.25, 0.3) is 0 Å². The van der Waals surface area contributed by atoms with Crippen molar-refractivity contribution in [2.24, 2.45) is 5.92 Å². The molecule has 7 heteroatoms. The predicted octanol–water partition coefficient (Wildman–Crippen LogP) is 4.66. The molecule has 166 valence electrons. The van der Waals surface area contributed by atoms with Crippen molar-refractivity contribution in [3.63, 3.8) is 0 Å². The number of nitrogens with zero attached hydrogens (tertiary/aromatic N) is 2. The number of hydrogen-bond donors (Lipinski definition) is 0. The summed E-state index contributed by atoms with van der Waals surface area (Å²) in [6.07, 6.45) is 5.44. The standard InChI is InChI=1S/C26H21FN2O3S/c27-26-18(4-5-19-15-28-12-10-22(19)26)13-25(30)24-14-23(24)17-6-8-21(9-7-17)33(31,32)16-20-3-1-2-11-29-20/h1-12,15,23-24H,13-14,16H2/t23?,24-/m1/s1. The molecule has 2 aromatic carbocycles. The first kappa shape index (κ1) is 21.4. The highest BCUT2D eigenvalue weighted by molar-refractivity contribution is 7.90. The summed E-state index contributed by atoms with van der Waals surface area (Å²) in [5.41, 5.74) is 1.81. The fourth-order valence-corrected chi connectivity index (χ4v) is 5.51. The molecule has 5 rings (SSSR count). The van der Waals surface area contributed by atoms with Gasteiger partial charge in [-0.05, 0) is 53.8 Å². The van der Waals surface area contributed by atoms with Gasteiger partial charge in [-0.1, -0.05) is 30.3 Å². The van der Waals surface area contributed by atoms with E-state index in [0.717, 1.165) is 5.56 Å². The molecule has 5 nitrogen and oxygen atoms in total. The van der Waals surface area contributed by atoms with Gasteiger partial charge in [0.2, 0.25) is 0 Å². The Labute approximate surface area is 191 Å². The van der Waals surface area contributed by atoms with E-state index in [0.29, 0.717) is 28.5 Å². The second kappa shape index (κ2) is 8.48. The van der Waals surface area contributed by atoms with Crippen LogP contribution in [0, 0.1) is 11.7 Å². The summed E-state index contributed by atoms with van der Waals surface area (Å²) in [6, 6.07) is 16.9. The van der Waals surface area contributed by atoms with Gasteiger partial charge in [0.15, 0.2) is 9.84 Å². The highest BCUT2D eigenvalue weighted by Crippen LogP contribution is 2.48. The van der Waals surface area contributed by atoms with Crippen LogP contribution >= 0.6 is 0 Å². The molecule has 2 aromatic heterocycles. The molecule has 1 aliphatic carbocycles. The molecule has 0 aliphatic heterocycles. The molecule has 1 fully saturated rings. The van der Waals surface area contributed by atoms with Gasteiger partial charge in [0.05, 0.1) is 16.3 Å². The van der Waals surface area contributed by atoms with Crippen molar-refractivity contribution < 1.29 is 17.6 Å². The number of halogens is 1. The number of ketones is 1. The van der Waals surface area contributed by atoms with Crippen LogP contribution in [0.1, 0.15) is 29.2 Å². The molecule has 0 bridgehead atoms. The molecule has 1 aliphatic rings. The van der Waals surface area contributed by atoms with Crippen LogP contribution in [-0.4, -0.2) is 24.2 Å². The van der Waals surface area contributed by atoms with Gasteiger partial charge in [-0.15, -0.1) is 0 Å². The van der Waals surface area contributed by atoms with Crippen molar-refractivity contribution >= 4 is 26.4 Å². The molecule has 2 heterocycles. The molecule has 2 atom stereocenters. The fourth-order valence-electron chi connectivity index (χ4n) is 4.23. The Morgan fingerprint density at radius 3 is 2.58 bits per heavy atom. The van der Waals surface area contributed by atoms with Gasteiger partial charge in [-0.25, -0.2) is 12.8 Å². The normalized spacial score (nSPS) is 17.7. The number of aromatic nitrogens is 2. The maximum atomic E-state index is 14.8. The van der Waals surface area contributed by atoms with E-state index < -0.39 is 9.84 Å². The largest absolute Gasteiger partial charge is 0.299 e. The molecule has 0 spiro atoms. The first-order valence-electron chi connectivity index (χ1n) is 10.7. The van der Waals surface area contributed by atoms with Crippen LogP contribution < -0.4 is 0 Å². The Morgan fingerprint density at radius 2 is 1.82 bits per heavy atom. The minimum Gasteiger partial charge on any atom is -0.299 e. The SMILES string of the molecule is O=C(Cc1ccc2cnccc2c1F)[C@@H]1CC1c1ccc(S(=O)(=O)Cc2ccccn2)cc1. The third-order valence-electron chi connectivity index (χ3n) is 6.13. The van der Waals surface area contributed by atoms with Gasteiger partial charge in [-0.2, -0.15) is 0 Å². The molecule has 0 radical (unpaired) electrons. The van der Waals surface area contributed by atoms with E-state index in [1.807, 2.05) is 0 Å². The Kier molecular flexibility index (Phi) is 5.50. The average Bonchev–Trinajstić information content (AvgIpc) is 3.63. The summed E-state index contributed by atoms with van der Waals surface area (Å²) in [5.74, 6) is -0.668. The number of carbonyl (C=O) groups is 1. The molecule has 1 saturated carbocycles. The molecule has 0 N–H and O–H groups in total. The number of fused-ring (bicyclic) bond motifs is 1. The molecular weight excluding hydrogens is 439 g/mol. The molecular formula is C26H21FN2O3S. The average molecular weight is 461 g/mol. The van der Waals surface area contributed by atoms with Crippen molar-refractivity contribution in [2.75, 3.05) is 0 Å². The number of hydrogen-bond acceptors (Lipinski definition) is 5. The molecule has 33 heavy (non-hydrogen) atoms. The van der Waals surface area contributed by atoms with Gasteiger partial charge in [-0.3, -0.25) is 14.8 Å². The van der Waals surface area contributed by atoms with E-state index in [9.17, 15) is 17.6 Å². The van der Waals surface area contributed by atoms with Crippen LogP contribution in [-0.2, 0) is 26.8 Å². The zero-order valence-corrected chi connectivity index (χ0v) is 18.5. The van der Waals surface area contributed by atoms with E-state index in [1.165, 1.54) is 6.20 Å². The smallest absolute Gasteiger partial charge is 0.184 e. The summed E-state index contributed by atoms with van der Waals surface area (Å²) in [7, 11) is -3.50. The lowest BCUT2D eigenvalue weighted by molar-refractivity contribution is -0.119. The monoisotopic (exact) mass is 460 g/mol. The first-order chi connectivity index (χ1) is 15.9. The summed E-state index contributed by atoms with van der Waals surface area (Å²) in [6.45, 7) is 0. The van der Waals surface area contributed by atoms with Crippen molar-refractivity contribution in [2.45, 2.75) is 29.4 Å². The predicted molar refractivity (Wildman–Crippen MR) is 123 cm³/mol. The Morgan fingerprint density at radius 1 is 1.00 bits per heavy atom.